The van der Waals surface area contributed by atoms with Gasteiger partial charge < -0.3 is 10.3 Å². The summed E-state index contributed by atoms with van der Waals surface area (Å²) in [5.74, 6) is -0.363. The molecular weight excluding hydrogens is 164 g/mol. The highest BCUT2D eigenvalue weighted by molar-refractivity contribution is 5.93. The van der Waals surface area contributed by atoms with Crippen molar-refractivity contribution in [1.29, 1.82) is 0 Å². The summed E-state index contributed by atoms with van der Waals surface area (Å²) >= 11 is 0. The van der Waals surface area contributed by atoms with Gasteiger partial charge in [-0.15, -0.1) is 12.4 Å². The van der Waals surface area contributed by atoms with E-state index in [1.165, 1.54) is 0 Å². The highest BCUT2D eigenvalue weighted by atomic mass is 35.5. The maximum Gasteiger partial charge on any atom is 0.250 e. The number of carbonyl (C=O) groups excluding carboxylic acids is 1. The maximum atomic E-state index is 10.6. The van der Waals surface area contributed by atoms with Crippen LogP contribution in [0.5, 0.6) is 0 Å². The molecule has 0 aliphatic carbocycles. The Bertz CT molecular complexity index is 267. The van der Waals surface area contributed by atoms with Crippen molar-refractivity contribution >= 4 is 18.3 Å². The normalized spacial score (nSPS) is 8.91. The van der Waals surface area contributed by atoms with Gasteiger partial charge in [0, 0.05) is 18.9 Å². The summed E-state index contributed by atoms with van der Waals surface area (Å²) in [5.41, 5.74) is 6.58. The van der Waals surface area contributed by atoms with E-state index in [1.54, 1.807) is 6.07 Å². The van der Waals surface area contributed by atoms with Crippen molar-refractivity contribution in [2.24, 2.45) is 12.8 Å². The number of rotatable bonds is 1. The first kappa shape index (κ1) is 10.0. The monoisotopic (exact) mass is 174 g/mol. The van der Waals surface area contributed by atoms with E-state index >= 15 is 0 Å². The van der Waals surface area contributed by atoms with Gasteiger partial charge in [0.25, 0.3) is 5.91 Å². The molecule has 11 heavy (non-hydrogen) atoms. The van der Waals surface area contributed by atoms with Gasteiger partial charge in [-0.3, -0.25) is 4.79 Å². The molecule has 0 aliphatic heterocycles. The summed E-state index contributed by atoms with van der Waals surface area (Å²) in [4.78, 5) is 10.6. The van der Waals surface area contributed by atoms with E-state index in [9.17, 15) is 4.79 Å². The van der Waals surface area contributed by atoms with Gasteiger partial charge in [0.05, 0.1) is 5.56 Å². The van der Waals surface area contributed by atoms with Gasteiger partial charge in [-0.25, -0.2) is 0 Å². The molecule has 0 radical (unpaired) electrons. The average Bonchev–Trinajstić information content (AvgIpc) is 2.14. The molecule has 3 nitrogen and oxygen atoms in total. The number of amides is 1. The smallest absolute Gasteiger partial charge is 0.250 e. The molecule has 2 N–H and O–H groups in total. The van der Waals surface area contributed by atoms with Crippen LogP contribution in [-0.4, -0.2) is 10.5 Å². The lowest BCUT2D eigenvalue weighted by Gasteiger charge is -1.95. The van der Waals surface area contributed by atoms with Crippen LogP contribution in [0.1, 0.15) is 16.1 Å². The van der Waals surface area contributed by atoms with Crippen molar-refractivity contribution in [3.05, 3.63) is 23.5 Å². The Kier molecular flexibility index (Phi) is 3.14. The van der Waals surface area contributed by atoms with Gasteiger partial charge in [-0.05, 0) is 13.0 Å². The number of nitrogens with zero attached hydrogens (tertiary/aromatic N) is 1. The number of aromatic nitrogens is 1. The van der Waals surface area contributed by atoms with E-state index < -0.39 is 0 Å². The molecule has 1 heterocycles. The molecule has 0 aliphatic rings. The molecule has 0 saturated heterocycles. The van der Waals surface area contributed by atoms with E-state index in [4.69, 9.17) is 5.73 Å². The van der Waals surface area contributed by atoms with Crippen molar-refractivity contribution in [3.8, 4) is 0 Å². The minimum Gasteiger partial charge on any atom is -0.366 e. The summed E-state index contributed by atoms with van der Waals surface area (Å²) in [6, 6.07) is 1.72. The summed E-state index contributed by atoms with van der Waals surface area (Å²) in [6.07, 6.45) is 1.81. The number of primary amides is 1. The predicted octanol–water partition coefficient (Wildman–Crippen LogP) is 0.854. The molecule has 1 amide bonds. The Morgan fingerprint density at radius 2 is 2.18 bits per heavy atom. The Balaban J connectivity index is 0.000001000. The van der Waals surface area contributed by atoms with E-state index in [1.807, 2.05) is 24.7 Å². The second kappa shape index (κ2) is 3.44. The van der Waals surface area contributed by atoms with Gasteiger partial charge in [0.2, 0.25) is 0 Å². The van der Waals surface area contributed by atoms with Crippen LogP contribution < -0.4 is 5.73 Å². The van der Waals surface area contributed by atoms with Gasteiger partial charge in [-0.1, -0.05) is 0 Å². The summed E-state index contributed by atoms with van der Waals surface area (Å²) < 4.78 is 1.86. The second-order valence-corrected chi connectivity index (χ2v) is 2.29. The van der Waals surface area contributed by atoms with Crippen LogP contribution in [0.4, 0.5) is 0 Å². The van der Waals surface area contributed by atoms with Gasteiger partial charge in [0.1, 0.15) is 0 Å². The number of hydrogen-bond donors (Lipinski definition) is 1. The first-order valence-electron chi connectivity index (χ1n) is 3.04. The van der Waals surface area contributed by atoms with Crippen molar-refractivity contribution in [1.82, 2.24) is 4.57 Å². The number of aryl methyl sites for hydroxylation is 1. The van der Waals surface area contributed by atoms with Crippen LogP contribution in [0, 0.1) is 6.92 Å². The third kappa shape index (κ3) is 1.74. The molecule has 1 rings (SSSR count). The fourth-order valence-electron chi connectivity index (χ4n) is 0.869. The topological polar surface area (TPSA) is 48.0 Å². The molecule has 4 heteroatoms. The molecule has 0 bridgehead atoms. The average molecular weight is 175 g/mol. The standard InChI is InChI=1S/C7H10N2O.ClH/c1-5-6(7(8)10)3-4-9(5)2;/h3-4H,1-2H3,(H2,8,10);1H. The lowest BCUT2D eigenvalue weighted by atomic mass is 10.2. The fourth-order valence-corrected chi connectivity index (χ4v) is 0.869. The Hall–Kier alpha value is -0.960. The van der Waals surface area contributed by atoms with Crippen molar-refractivity contribution < 1.29 is 4.79 Å². The van der Waals surface area contributed by atoms with Crippen molar-refractivity contribution in [3.63, 3.8) is 0 Å². The van der Waals surface area contributed by atoms with Gasteiger partial charge in [-0.2, -0.15) is 0 Å². The van der Waals surface area contributed by atoms with Crippen LogP contribution in [0.15, 0.2) is 12.3 Å². The van der Waals surface area contributed by atoms with Crippen LogP contribution in [-0.2, 0) is 7.05 Å². The Morgan fingerprint density at radius 1 is 1.64 bits per heavy atom. The predicted molar refractivity (Wildman–Crippen MR) is 45.9 cm³/mol. The van der Waals surface area contributed by atoms with E-state index in [2.05, 4.69) is 0 Å². The Labute approximate surface area is 71.6 Å². The fraction of sp³-hybridized carbons (Fsp3) is 0.286. The minimum atomic E-state index is -0.363. The van der Waals surface area contributed by atoms with Crippen molar-refractivity contribution in [2.45, 2.75) is 6.92 Å². The van der Waals surface area contributed by atoms with Gasteiger partial charge >= 0.3 is 0 Å². The van der Waals surface area contributed by atoms with E-state index in [-0.39, 0.29) is 18.3 Å². The summed E-state index contributed by atoms with van der Waals surface area (Å²) in [7, 11) is 1.88. The zero-order chi connectivity index (χ0) is 7.72. The largest absolute Gasteiger partial charge is 0.366 e. The van der Waals surface area contributed by atoms with Crippen LogP contribution in [0.2, 0.25) is 0 Å². The highest BCUT2D eigenvalue weighted by Crippen LogP contribution is 2.05. The third-order valence-corrected chi connectivity index (χ3v) is 1.65. The zero-order valence-corrected chi connectivity index (χ0v) is 7.31. The maximum absolute atomic E-state index is 10.6. The number of hydrogen-bond acceptors (Lipinski definition) is 1. The SMILES string of the molecule is Cc1c(C(N)=O)ccn1C.Cl. The van der Waals surface area contributed by atoms with Crippen LogP contribution in [0.3, 0.4) is 0 Å². The van der Waals surface area contributed by atoms with E-state index in [0.29, 0.717) is 5.56 Å². The van der Waals surface area contributed by atoms with Gasteiger partial charge in [0.15, 0.2) is 0 Å². The molecule has 1 aromatic heterocycles. The molecule has 1 aromatic rings. The summed E-state index contributed by atoms with van der Waals surface area (Å²) in [6.45, 7) is 1.86. The van der Waals surface area contributed by atoms with Crippen LogP contribution in [0.25, 0.3) is 0 Å². The lowest BCUT2D eigenvalue weighted by molar-refractivity contribution is 0.0999. The first-order chi connectivity index (χ1) is 4.63. The molecule has 0 fully saturated rings. The molecular formula is C7H11ClN2O. The first-order valence-corrected chi connectivity index (χ1v) is 3.04. The number of carbonyl (C=O) groups is 1. The minimum absolute atomic E-state index is 0. The molecule has 62 valence electrons. The Morgan fingerprint density at radius 3 is 2.36 bits per heavy atom. The molecule has 0 saturated carbocycles. The zero-order valence-electron chi connectivity index (χ0n) is 6.50. The molecule has 0 aromatic carbocycles. The molecule has 0 spiro atoms. The number of halogens is 1. The lowest BCUT2D eigenvalue weighted by Crippen LogP contribution is -2.11. The second-order valence-electron chi connectivity index (χ2n) is 2.29. The summed E-state index contributed by atoms with van der Waals surface area (Å²) in [5, 5.41) is 0. The van der Waals surface area contributed by atoms with Crippen molar-refractivity contribution in [2.75, 3.05) is 0 Å². The van der Waals surface area contributed by atoms with Crippen LogP contribution >= 0.6 is 12.4 Å². The molecule has 0 unspecified atom stereocenters. The number of nitrogens with two attached hydrogens (primary N) is 1. The van der Waals surface area contributed by atoms with E-state index in [0.717, 1.165) is 5.69 Å². The third-order valence-electron chi connectivity index (χ3n) is 1.65. The molecule has 0 atom stereocenters. The quantitative estimate of drug-likeness (QED) is 0.675. The highest BCUT2D eigenvalue weighted by Gasteiger charge is 2.05.